The van der Waals surface area contributed by atoms with Crippen LogP contribution in [0.25, 0.3) is 0 Å². The van der Waals surface area contributed by atoms with Crippen molar-refractivity contribution in [2.24, 2.45) is 0 Å². The van der Waals surface area contributed by atoms with Gasteiger partial charge in [0.15, 0.2) is 0 Å². The van der Waals surface area contributed by atoms with E-state index in [4.69, 9.17) is 5.11 Å². The third-order valence-corrected chi connectivity index (χ3v) is 1.82. The van der Waals surface area contributed by atoms with Crippen LogP contribution in [0.2, 0.25) is 0 Å². The molecule has 1 heterocycles. The molecule has 4 N–H and O–H groups in total. The van der Waals surface area contributed by atoms with E-state index in [1.807, 2.05) is 0 Å². The molecule has 0 aromatic heterocycles. The Kier molecular flexibility index (Phi) is 4.45. The van der Waals surface area contributed by atoms with Gasteiger partial charge in [-0.2, -0.15) is 0 Å². The topological polar surface area (TPSA) is 56.3 Å². The Hall–Kier alpha value is -0.160. The monoisotopic (exact) mass is 159 g/mol. The molecule has 11 heavy (non-hydrogen) atoms. The SMILES string of the molecule is OCC1CNCCNCCN1. The molecule has 4 nitrogen and oxygen atoms in total. The Morgan fingerprint density at radius 3 is 2.64 bits per heavy atom. The quantitative estimate of drug-likeness (QED) is 0.362. The largest absolute Gasteiger partial charge is 0.395 e. The van der Waals surface area contributed by atoms with Crippen LogP contribution in [-0.2, 0) is 0 Å². The molecule has 1 rings (SSSR count). The maximum atomic E-state index is 8.88. The molecule has 0 bridgehead atoms. The van der Waals surface area contributed by atoms with Crippen molar-refractivity contribution in [2.75, 3.05) is 39.3 Å². The minimum atomic E-state index is 0.215. The van der Waals surface area contributed by atoms with Crippen molar-refractivity contribution < 1.29 is 5.11 Å². The number of hydrogen-bond acceptors (Lipinski definition) is 4. The van der Waals surface area contributed by atoms with Crippen molar-refractivity contribution in [2.45, 2.75) is 6.04 Å². The van der Waals surface area contributed by atoms with Crippen molar-refractivity contribution in [3.8, 4) is 0 Å². The van der Waals surface area contributed by atoms with Crippen molar-refractivity contribution in [3.63, 3.8) is 0 Å². The first-order chi connectivity index (χ1) is 5.43. The van der Waals surface area contributed by atoms with Gasteiger partial charge in [0.25, 0.3) is 0 Å². The van der Waals surface area contributed by atoms with Crippen molar-refractivity contribution in [1.82, 2.24) is 16.0 Å². The minimum Gasteiger partial charge on any atom is -0.395 e. The highest BCUT2D eigenvalue weighted by Gasteiger charge is 2.06. The lowest BCUT2D eigenvalue weighted by atomic mass is 10.3. The molecule has 66 valence electrons. The van der Waals surface area contributed by atoms with E-state index in [1.165, 1.54) is 0 Å². The summed E-state index contributed by atoms with van der Waals surface area (Å²) in [6, 6.07) is 0.217. The van der Waals surface area contributed by atoms with Crippen LogP contribution in [0.3, 0.4) is 0 Å². The lowest BCUT2D eigenvalue weighted by Crippen LogP contribution is -2.41. The average molecular weight is 159 g/mol. The molecule has 0 spiro atoms. The number of hydrogen-bond donors (Lipinski definition) is 4. The van der Waals surface area contributed by atoms with Crippen LogP contribution in [0.1, 0.15) is 0 Å². The lowest BCUT2D eigenvalue weighted by Gasteiger charge is -2.14. The van der Waals surface area contributed by atoms with Gasteiger partial charge < -0.3 is 21.1 Å². The first-order valence-electron chi connectivity index (χ1n) is 4.19. The van der Waals surface area contributed by atoms with E-state index in [1.54, 1.807) is 0 Å². The van der Waals surface area contributed by atoms with Gasteiger partial charge in [-0.05, 0) is 0 Å². The molecule has 4 heteroatoms. The van der Waals surface area contributed by atoms with Crippen molar-refractivity contribution in [1.29, 1.82) is 0 Å². The van der Waals surface area contributed by atoms with E-state index in [-0.39, 0.29) is 12.6 Å². The Morgan fingerprint density at radius 1 is 1.09 bits per heavy atom. The Labute approximate surface area is 67.4 Å². The second-order valence-electron chi connectivity index (χ2n) is 2.79. The maximum absolute atomic E-state index is 8.88. The zero-order valence-electron chi connectivity index (χ0n) is 6.77. The van der Waals surface area contributed by atoms with Crippen molar-refractivity contribution >= 4 is 0 Å². The van der Waals surface area contributed by atoms with E-state index >= 15 is 0 Å². The van der Waals surface area contributed by atoms with Crippen LogP contribution in [-0.4, -0.2) is 50.5 Å². The summed E-state index contributed by atoms with van der Waals surface area (Å²) >= 11 is 0. The molecule has 1 saturated heterocycles. The first-order valence-corrected chi connectivity index (χ1v) is 4.19. The molecule has 0 aliphatic carbocycles. The van der Waals surface area contributed by atoms with Gasteiger partial charge in [0, 0.05) is 38.8 Å². The summed E-state index contributed by atoms with van der Waals surface area (Å²) < 4.78 is 0. The van der Waals surface area contributed by atoms with Gasteiger partial charge in [-0.3, -0.25) is 0 Å². The van der Waals surface area contributed by atoms with Gasteiger partial charge in [0.1, 0.15) is 0 Å². The summed E-state index contributed by atoms with van der Waals surface area (Å²) in [4.78, 5) is 0. The lowest BCUT2D eigenvalue weighted by molar-refractivity contribution is 0.241. The average Bonchev–Trinajstić information content (AvgIpc) is 2.16. The van der Waals surface area contributed by atoms with Crippen LogP contribution in [0.4, 0.5) is 0 Å². The number of rotatable bonds is 1. The predicted molar refractivity (Wildman–Crippen MR) is 44.6 cm³/mol. The maximum Gasteiger partial charge on any atom is 0.0597 e. The molecule has 1 aliphatic heterocycles. The van der Waals surface area contributed by atoms with E-state index in [2.05, 4.69) is 16.0 Å². The van der Waals surface area contributed by atoms with Gasteiger partial charge >= 0.3 is 0 Å². The zero-order valence-corrected chi connectivity index (χ0v) is 6.77. The van der Waals surface area contributed by atoms with E-state index in [0.717, 1.165) is 32.7 Å². The third-order valence-electron chi connectivity index (χ3n) is 1.82. The molecule has 1 aliphatic rings. The highest BCUT2D eigenvalue weighted by Crippen LogP contribution is 1.80. The van der Waals surface area contributed by atoms with Gasteiger partial charge in [0.2, 0.25) is 0 Å². The fourth-order valence-corrected chi connectivity index (χ4v) is 1.14. The molecule has 1 atom stereocenters. The standard InChI is InChI=1S/C7H17N3O/c11-6-7-5-9-2-1-8-3-4-10-7/h7-11H,1-6H2. The van der Waals surface area contributed by atoms with Gasteiger partial charge in [-0.1, -0.05) is 0 Å². The van der Waals surface area contributed by atoms with Crippen molar-refractivity contribution in [3.05, 3.63) is 0 Å². The number of aliphatic hydroxyl groups excluding tert-OH is 1. The van der Waals surface area contributed by atoms with Crippen LogP contribution in [0, 0.1) is 0 Å². The smallest absolute Gasteiger partial charge is 0.0597 e. The van der Waals surface area contributed by atoms with E-state index < -0.39 is 0 Å². The molecular formula is C7H17N3O. The molecule has 0 aromatic rings. The van der Waals surface area contributed by atoms with Crippen LogP contribution in [0.5, 0.6) is 0 Å². The molecule has 0 amide bonds. The normalized spacial score (nSPS) is 28.6. The molecule has 1 fully saturated rings. The van der Waals surface area contributed by atoms with Crippen LogP contribution < -0.4 is 16.0 Å². The first kappa shape index (κ1) is 8.93. The third kappa shape index (κ3) is 3.67. The predicted octanol–water partition coefficient (Wildman–Crippen LogP) is -1.87. The zero-order chi connectivity index (χ0) is 7.94. The second kappa shape index (κ2) is 5.49. The summed E-state index contributed by atoms with van der Waals surface area (Å²) in [5.41, 5.74) is 0. The fraction of sp³-hybridized carbons (Fsp3) is 1.00. The number of nitrogens with one attached hydrogen (secondary N) is 3. The Morgan fingerprint density at radius 2 is 1.82 bits per heavy atom. The van der Waals surface area contributed by atoms with E-state index in [0.29, 0.717) is 0 Å². The highest BCUT2D eigenvalue weighted by molar-refractivity contribution is 4.71. The Balaban J connectivity index is 2.19. The summed E-state index contributed by atoms with van der Waals surface area (Å²) in [7, 11) is 0. The summed E-state index contributed by atoms with van der Waals surface area (Å²) in [5.74, 6) is 0. The van der Waals surface area contributed by atoms with Gasteiger partial charge in [-0.15, -0.1) is 0 Å². The summed E-state index contributed by atoms with van der Waals surface area (Å²) in [5, 5.41) is 18.6. The molecular weight excluding hydrogens is 142 g/mol. The van der Waals surface area contributed by atoms with Gasteiger partial charge in [0.05, 0.1) is 6.61 Å². The van der Waals surface area contributed by atoms with Crippen LogP contribution >= 0.6 is 0 Å². The van der Waals surface area contributed by atoms with Gasteiger partial charge in [-0.25, -0.2) is 0 Å². The summed E-state index contributed by atoms with van der Waals surface area (Å²) in [6.45, 7) is 4.99. The minimum absolute atomic E-state index is 0.215. The molecule has 1 unspecified atom stereocenters. The molecule has 0 saturated carbocycles. The Bertz CT molecular complexity index is 89.7. The van der Waals surface area contributed by atoms with E-state index in [9.17, 15) is 0 Å². The summed E-state index contributed by atoms with van der Waals surface area (Å²) in [6.07, 6.45) is 0. The highest BCUT2D eigenvalue weighted by atomic mass is 16.3. The fourth-order valence-electron chi connectivity index (χ4n) is 1.14. The molecule has 0 aromatic carbocycles. The second-order valence-corrected chi connectivity index (χ2v) is 2.79. The molecule has 0 radical (unpaired) electrons. The number of aliphatic hydroxyl groups is 1. The van der Waals surface area contributed by atoms with Crippen LogP contribution in [0.15, 0.2) is 0 Å².